The number of hydrogen-bond acceptors (Lipinski definition) is 6. The Hall–Kier alpha value is -2.81. The average molecular weight is 498 g/mol. The number of methoxy groups -OCH3 is 1. The first-order valence-electron chi connectivity index (χ1n) is 11.1. The van der Waals surface area contributed by atoms with Crippen LogP contribution in [0.2, 0.25) is 5.02 Å². The number of rotatable bonds is 9. The Morgan fingerprint density at radius 3 is 2.68 bits per heavy atom. The Bertz CT molecular complexity index is 1140. The summed E-state index contributed by atoms with van der Waals surface area (Å²) in [6.07, 6.45) is 1.80. The number of ether oxygens (including phenoxy) is 1. The molecule has 1 aromatic heterocycles. The normalized spacial score (nSPS) is 14.2. The van der Waals surface area contributed by atoms with Gasteiger partial charge in [0.1, 0.15) is 5.75 Å². The predicted molar refractivity (Wildman–Crippen MR) is 136 cm³/mol. The number of allylic oxidation sites excluding steroid dienone is 1. The van der Waals surface area contributed by atoms with E-state index in [4.69, 9.17) is 16.3 Å². The van der Waals surface area contributed by atoms with Crippen molar-refractivity contribution in [3.05, 3.63) is 71.8 Å². The molecule has 0 aliphatic carbocycles. The lowest BCUT2D eigenvalue weighted by Gasteiger charge is -2.34. The van der Waals surface area contributed by atoms with E-state index in [2.05, 4.69) is 27.7 Å². The Morgan fingerprint density at radius 2 is 1.94 bits per heavy atom. The maximum absolute atomic E-state index is 12.9. The van der Waals surface area contributed by atoms with Gasteiger partial charge in [0.2, 0.25) is 5.91 Å². The Labute approximate surface area is 209 Å². The van der Waals surface area contributed by atoms with E-state index in [9.17, 15) is 4.79 Å². The third-order valence-corrected chi connectivity index (χ3v) is 6.91. The van der Waals surface area contributed by atoms with Gasteiger partial charge in [-0.1, -0.05) is 53.7 Å². The number of thioether (sulfide) groups is 1. The Kier molecular flexibility index (Phi) is 8.26. The van der Waals surface area contributed by atoms with Crippen LogP contribution in [0.1, 0.15) is 5.56 Å². The van der Waals surface area contributed by atoms with E-state index in [1.807, 2.05) is 51.9 Å². The lowest BCUT2D eigenvalue weighted by Crippen LogP contribution is -2.48. The minimum Gasteiger partial charge on any atom is -0.496 e. The van der Waals surface area contributed by atoms with Crippen molar-refractivity contribution in [1.82, 2.24) is 24.6 Å². The van der Waals surface area contributed by atoms with Crippen LogP contribution in [0.25, 0.3) is 11.4 Å². The first-order chi connectivity index (χ1) is 16.6. The van der Waals surface area contributed by atoms with Gasteiger partial charge in [-0.25, -0.2) is 0 Å². The molecule has 3 aromatic rings. The van der Waals surface area contributed by atoms with E-state index in [0.717, 1.165) is 36.0 Å². The fourth-order valence-electron chi connectivity index (χ4n) is 3.98. The molecule has 7 nitrogen and oxygen atoms in total. The topological polar surface area (TPSA) is 63.5 Å². The number of carbonyl (C=O) groups excluding carboxylic acids is 1. The molecular formula is C25H28ClN5O2S. The van der Waals surface area contributed by atoms with E-state index in [0.29, 0.717) is 36.4 Å². The standard InChI is InChI=1S/C25H28ClN5O2S/c1-3-11-31-24(21-9-4-5-10-22(21)33-2)27-28-25(31)34-18-23(32)30-14-12-29(13-15-30)17-19-7-6-8-20(26)16-19/h3-10,16H,1,11-15,17-18H2,2H3. The van der Waals surface area contributed by atoms with Gasteiger partial charge in [-0.15, -0.1) is 16.8 Å². The second kappa shape index (κ2) is 11.6. The number of amides is 1. The minimum absolute atomic E-state index is 0.111. The maximum Gasteiger partial charge on any atom is 0.233 e. The summed E-state index contributed by atoms with van der Waals surface area (Å²) in [4.78, 5) is 17.2. The van der Waals surface area contributed by atoms with Gasteiger partial charge >= 0.3 is 0 Å². The fraction of sp³-hybridized carbons (Fsp3) is 0.320. The quantitative estimate of drug-likeness (QED) is 0.325. The summed E-state index contributed by atoms with van der Waals surface area (Å²) >= 11 is 7.50. The smallest absolute Gasteiger partial charge is 0.233 e. The highest BCUT2D eigenvalue weighted by atomic mass is 35.5. The highest BCUT2D eigenvalue weighted by molar-refractivity contribution is 7.99. The van der Waals surface area contributed by atoms with E-state index in [-0.39, 0.29) is 5.91 Å². The molecular weight excluding hydrogens is 470 g/mol. The van der Waals surface area contributed by atoms with Gasteiger partial charge in [-0.2, -0.15) is 0 Å². The summed E-state index contributed by atoms with van der Waals surface area (Å²) in [5.74, 6) is 1.85. The highest BCUT2D eigenvalue weighted by Crippen LogP contribution is 2.31. The van der Waals surface area contributed by atoms with Crippen LogP contribution < -0.4 is 4.74 Å². The van der Waals surface area contributed by atoms with Crippen molar-refractivity contribution in [3.63, 3.8) is 0 Å². The molecule has 2 aromatic carbocycles. The molecule has 0 N–H and O–H groups in total. The number of benzene rings is 2. The SMILES string of the molecule is C=CCn1c(SCC(=O)N2CCN(Cc3cccc(Cl)c3)CC2)nnc1-c1ccccc1OC. The minimum atomic E-state index is 0.111. The Morgan fingerprint density at radius 1 is 1.15 bits per heavy atom. The van der Waals surface area contributed by atoms with Crippen LogP contribution in [0, 0.1) is 0 Å². The van der Waals surface area contributed by atoms with Crippen LogP contribution in [0.5, 0.6) is 5.75 Å². The van der Waals surface area contributed by atoms with Crippen LogP contribution in [0.3, 0.4) is 0 Å². The summed E-state index contributed by atoms with van der Waals surface area (Å²) in [6.45, 7) is 8.35. The molecule has 1 saturated heterocycles. The molecule has 9 heteroatoms. The van der Waals surface area contributed by atoms with Gasteiger partial charge in [0.25, 0.3) is 0 Å². The molecule has 1 fully saturated rings. The zero-order valence-electron chi connectivity index (χ0n) is 19.2. The third kappa shape index (κ3) is 5.81. The Balaban J connectivity index is 1.35. The van der Waals surface area contributed by atoms with E-state index >= 15 is 0 Å². The number of carbonyl (C=O) groups is 1. The molecule has 0 atom stereocenters. The van der Waals surface area contributed by atoms with Crippen molar-refractivity contribution in [3.8, 4) is 17.1 Å². The monoisotopic (exact) mass is 497 g/mol. The van der Waals surface area contributed by atoms with E-state index in [1.54, 1.807) is 13.2 Å². The van der Waals surface area contributed by atoms with E-state index < -0.39 is 0 Å². The van der Waals surface area contributed by atoms with Crippen molar-refractivity contribution in [2.24, 2.45) is 0 Å². The van der Waals surface area contributed by atoms with Gasteiger partial charge in [-0.3, -0.25) is 14.3 Å². The number of aromatic nitrogens is 3. The van der Waals surface area contributed by atoms with Gasteiger partial charge < -0.3 is 9.64 Å². The molecule has 34 heavy (non-hydrogen) atoms. The number of nitrogens with zero attached hydrogens (tertiary/aromatic N) is 5. The summed E-state index contributed by atoms with van der Waals surface area (Å²) in [7, 11) is 1.64. The lowest BCUT2D eigenvalue weighted by molar-refractivity contribution is -0.130. The van der Waals surface area contributed by atoms with Crippen LogP contribution in [0.4, 0.5) is 0 Å². The molecule has 2 heterocycles. The van der Waals surface area contributed by atoms with Crippen molar-refractivity contribution in [2.75, 3.05) is 39.0 Å². The number of piperazine rings is 1. The van der Waals surface area contributed by atoms with Gasteiger partial charge in [0.15, 0.2) is 11.0 Å². The number of halogens is 1. The number of para-hydroxylation sites is 1. The van der Waals surface area contributed by atoms with Crippen LogP contribution in [0.15, 0.2) is 66.3 Å². The largest absolute Gasteiger partial charge is 0.496 e. The fourth-order valence-corrected chi connectivity index (χ4v) is 5.05. The van der Waals surface area contributed by atoms with Gasteiger partial charge in [0, 0.05) is 44.3 Å². The second-order valence-electron chi connectivity index (χ2n) is 7.98. The maximum atomic E-state index is 12.9. The van der Waals surface area contributed by atoms with Gasteiger partial charge in [-0.05, 0) is 29.8 Å². The predicted octanol–water partition coefficient (Wildman–Crippen LogP) is 4.23. The van der Waals surface area contributed by atoms with Crippen LogP contribution in [-0.2, 0) is 17.9 Å². The highest BCUT2D eigenvalue weighted by Gasteiger charge is 2.23. The van der Waals surface area contributed by atoms with Crippen molar-refractivity contribution in [2.45, 2.75) is 18.2 Å². The molecule has 0 radical (unpaired) electrons. The molecule has 1 aliphatic rings. The molecule has 178 valence electrons. The molecule has 4 rings (SSSR count). The summed E-state index contributed by atoms with van der Waals surface area (Å²) in [5, 5.41) is 10.2. The third-order valence-electron chi connectivity index (χ3n) is 5.72. The second-order valence-corrected chi connectivity index (χ2v) is 9.36. The molecule has 1 amide bonds. The zero-order chi connectivity index (χ0) is 23.9. The zero-order valence-corrected chi connectivity index (χ0v) is 20.8. The first-order valence-corrected chi connectivity index (χ1v) is 12.5. The van der Waals surface area contributed by atoms with Crippen LogP contribution >= 0.6 is 23.4 Å². The molecule has 0 saturated carbocycles. The van der Waals surface area contributed by atoms with Gasteiger partial charge in [0.05, 0.1) is 18.4 Å². The molecule has 0 unspecified atom stereocenters. The molecule has 0 bridgehead atoms. The molecule has 0 spiro atoms. The number of hydrogen-bond donors (Lipinski definition) is 0. The summed E-state index contributed by atoms with van der Waals surface area (Å²) in [5.41, 5.74) is 2.04. The van der Waals surface area contributed by atoms with Crippen molar-refractivity contribution < 1.29 is 9.53 Å². The van der Waals surface area contributed by atoms with Crippen molar-refractivity contribution in [1.29, 1.82) is 0 Å². The summed E-state index contributed by atoms with van der Waals surface area (Å²) < 4.78 is 7.45. The van der Waals surface area contributed by atoms with E-state index in [1.165, 1.54) is 17.3 Å². The van der Waals surface area contributed by atoms with Crippen LogP contribution in [-0.4, -0.2) is 69.5 Å². The van der Waals surface area contributed by atoms with Crippen molar-refractivity contribution >= 4 is 29.3 Å². The summed E-state index contributed by atoms with van der Waals surface area (Å²) in [6, 6.07) is 15.6. The molecule has 1 aliphatic heterocycles. The first kappa shape index (κ1) is 24.3. The lowest BCUT2D eigenvalue weighted by atomic mass is 10.2. The average Bonchev–Trinajstić information content (AvgIpc) is 3.25.